The molecule has 0 radical (unpaired) electrons. The van der Waals surface area contributed by atoms with Gasteiger partial charge in [0.05, 0.1) is 5.56 Å². The van der Waals surface area contributed by atoms with E-state index in [4.69, 9.17) is 11.6 Å². The number of pyridine rings is 1. The molecule has 0 N–H and O–H groups in total. The Morgan fingerprint density at radius 3 is 2.50 bits per heavy atom. The summed E-state index contributed by atoms with van der Waals surface area (Å²) in [6.07, 6.45) is -2.72. The van der Waals surface area contributed by atoms with Crippen molar-refractivity contribution in [3.8, 4) is 0 Å². The summed E-state index contributed by atoms with van der Waals surface area (Å²) in [5.74, 6) is -0.845. The summed E-state index contributed by atoms with van der Waals surface area (Å²) < 4.78 is 36.8. The van der Waals surface area contributed by atoms with Gasteiger partial charge in [-0.15, -0.1) is 0 Å². The van der Waals surface area contributed by atoms with Crippen LogP contribution < -0.4 is 0 Å². The van der Waals surface area contributed by atoms with E-state index in [1.807, 2.05) is 0 Å². The lowest BCUT2D eigenvalue weighted by molar-refractivity contribution is 0.150. The molecule has 0 aliphatic heterocycles. The van der Waals surface area contributed by atoms with Crippen LogP contribution in [-0.4, -0.2) is 4.98 Å². The second-order valence-electron chi connectivity index (χ2n) is 2.27. The first-order valence-corrected chi connectivity index (χ1v) is 3.51. The van der Waals surface area contributed by atoms with Crippen molar-refractivity contribution in [2.24, 2.45) is 0 Å². The van der Waals surface area contributed by atoms with Crippen molar-refractivity contribution in [1.29, 1.82) is 0 Å². The van der Waals surface area contributed by atoms with Gasteiger partial charge in [0.25, 0.3) is 6.43 Å². The lowest BCUT2D eigenvalue weighted by Gasteiger charge is -2.05. The van der Waals surface area contributed by atoms with E-state index < -0.39 is 23.1 Å². The number of rotatable bonds is 1. The maximum Gasteiger partial charge on any atom is 0.267 e. The van der Waals surface area contributed by atoms with E-state index in [1.54, 1.807) is 0 Å². The molecule has 0 aliphatic carbocycles. The van der Waals surface area contributed by atoms with Crippen LogP contribution >= 0.6 is 11.6 Å². The first-order valence-electron chi connectivity index (χ1n) is 3.13. The average Bonchev–Trinajstić information content (AvgIpc) is 1.82. The third-order valence-corrected chi connectivity index (χ3v) is 1.69. The number of alkyl halides is 2. The van der Waals surface area contributed by atoms with Gasteiger partial charge >= 0.3 is 0 Å². The molecule has 0 aromatic carbocycles. The topological polar surface area (TPSA) is 12.9 Å². The number of hydrogen-bond donors (Lipinski definition) is 0. The normalized spacial score (nSPS) is 10.8. The predicted molar refractivity (Wildman–Crippen MR) is 38.9 cm³/mol. The lowest BCUT2D eigenvalue weighted by Crippen LogP contribution is -1.96. The number of aryl methyl sites for hydroxylation is 1. The Labute approximate surface area is 72.2 Å². The number of nitrogens with zero attached hydrogens (tertiary/aromatic N) is 1. The molecule has 0 atom stereocenters. The smallest absolute Gasteiger partial charge is 0.207 e. The van der Waals surface area contributed by atoms with Crippen LogP contribution in [0, 0.1) is 12.9 Å². The van der Waals surface area contributed by atoms with Crippen LogP contribution in [0.4, 0.5) is 13.2 Å². The standard InChI is InChI=1S/C7H5ClF3N/c1-3-2-4(9)12-6(8)5(3)7(10)11/h2,7H,1H3. The molecular weight excluding hydrogens is 191 g/mol. The number of aromatic nitrogens is 1. The van der Waals surface area contributed by atoms with E-state index >= 15 is 0 Å². The summed E-state index contributed by atoms with van der Waals surface area (Å²) >= 11 is 5.30. The Morgan fingerprint density at radius 1 is 1.50 bits per heavy atom. The molecular formula is C7H5ClF3N. The van der Waals surface area contributed by atoms with Crippen molar-refractivity contribution in [2.45, 2.75) is 13.3 Å². The highest BCUT2D eigenvalue weighted by Gasteiger charge is 2.16. The molecule has 1 aromatic heterocycles. The van der Waals surface area contributed by atoms with Crippen molar-refractivity contribution in [2.75, 3.05) is 0 Å². The molecule has 0 bridgehead atoms. The number of hydrogen-bond acceptors (Lipinski definition) is 1. The third-order valence-electron chi connectivity index (χ3n) is 1.41. The van der Waals surface area contributed by atoms with Crippen molar-refractivity contribution in [3.63, 3.8) is 0 Å². The van der Waals surface area contributed by atoms with Crippen LogP contribution in [0.1, 0.15) is 17.6 Å². The molecule has 0 unspecified atom stereocenters. The minimum Gasteiger partial charge on any atom is -0.207 e. The highest BCUT2D eigenvalue weighted by molar-refractivity contribution is 6.30. The monoisotopic (exact) mass is 195 g/mol. The molecule has 0 amide bonds. The summed E-state index contributed by atoms with van der Waals surface area (Å²) in [4.78, 5) is 3.07. The van der Waals surface area contributed by atoms with Gasteiger partial charge in [0.15, 0.2) is 0 Å². The largest absolute Gasteiger partial charge is 0.267 e. The fourth-order valence-electron chi connectivity index (χ4n) is 0.868. The van der Waals surface area contributed by atoms with E-state index in [0.29, 0.717) is 0 Å². The molecule has 1 nitrogen and oxygen atoms in total. The van der Waals surface area contributed by atoms with Gasteiger partial charge in [-0.05, 0) is 18.6 Å². The summed E-state index contributed by atoms with van der Waals surface area (Å²) in [6.45, 7) is 1.36. The molecule has 1 heterocycles. The molecule has 0 spiro atoms. The van der Waals surface area contributed by atoms with Gasteiger partial charge in [-0.1, -0.05) is 11.6 Å². The van der Waals surface area contributed by atoms with Crippen LogP contribution in [0.5, 0.6) is 0 Å². The van der Waals surface area contributed by atoms with Gasteiger partial charge < -0.3 is 0 Å². The quantitative estimate of drug-likeness (QED) is 0.628. The summed E-state index contributed by atoms with van der Waals surface area (Å²) in [5, 5.41) is -0.470. The van der Waals surface area contributed by atoms with Gasteiger partial charge in [-0.2, -0.15) is 4.39 Å². The Hall–Kier alpha value is -0.770. The molecule has 0 saturated carbocycles. The van der Waals surface area contributed by atoms with Crippen LogP contribution in [0.3, 0.4) is 0 Å². The Balaban J connectivity index is 3.28. The van der Waals surface area contributed by atoms with Gasteiger partial charge in [-0.25, -0.2) is 13.8 Å². The van der Waals surface area contributed by atoms with Crippen LogP contribution in [0.2, 0.25) is 5.15 Å². The zero-order valence-corrected chi connectivity index (χ0v) is 6.87. The molecule has 0 fully saturated rings. The van der Waals surface area contributed by atoms with Gasteiger partial charge in [0.2, 0.25) is 5.95 Å². The van der Waals surface area contributed by atoms with Crippen LogP contribution in [0.25, 0.3) is 0 Å². The van der Waals surface area contributed by atoms with E-state index in [-0.39, 0.29) is 5.56 Å². The predicted octanol–water partition coefficient (Wildman–Crippen LogP) is 3.12. The Kier molecular flexibility index (Phi) is 2.57. The van der Waals surface area contributed by atoms with E-state index in [2.05, 4.69) is 4.98 Å². The first kappa shape index (κ1) is 9.32. The van der Waals surface area contributed by atoms with Gasteiger partial charge in [0, 0.05) is 0 Å². The van der Waals surface area contributed by atoms with E-state index in [1.165, 1.54) is 6.92 Å². The van der Waals surface area contributed by atoms with Crippen molar-refractivity contribution >= 4 is 11.6 Å². The maximum absolute atomic E-state index is 12.4. The van der Waals surface area contributed by atoms with E-state index in [9.17, 15) is 13.2 Å². The van der Waals surface area contributed by atoms with Crippen LogP contribution in [-0.2, 0) is 0 Å². The lowest BCUT2D eigenvalue weighted by atomic mass is 10.2. The molecule has 12 heavy (non-hydrogen) atoms. The fourth-order valence-corrected chi connectivity index (χ4v) is 1.18. The molecule has 0 saturated heterocycles. The zero-order chi connectivity index (χ0) is 9.30. The molecule has 1 rings (SSSR count). The van der Waals surface area contributed by atoms with Crippen LogP contribution in [0.15, 0.2) is 6.07 Å². The first-order chi connectivity index (χ1) is 5.52. The highest BCUT2D eigenvalue weighted by Crippen LogP contribution is 2.28. The SMILES string of the molecule is Cc1cc(F)nc(Cl)c1C(F)F. The minimum absolute atomic E-state index is 0.113. The molecule has 0 aliphatic rings. The highest BCUT2D eigenvalue weighted by atomic mass is 35.5. The van der Waals surface area contributed by atoms with Crippen molar-refractivity contribution < 1.29 is 13.2 Å². The molecule has 66 valence electrons. The average molecular weight is 196 g/mol. The second kappa shape index (κ2) is 3.31. The van der Waals surface area contributed by atoms with E-state index in [0.717, 1.165) is 6.07 Å². The summed E-state index contributed by atoms with van der Waals surface area (Å²) in [7, 11) is 0. The van der Waals surface area contributed by atoms with Crippen molar-refractivity contribution in [3.05, 3.63) is 28.3 Å². The van der Waals surface area contributed by atoms with Gasteiger partial charge in [0.1, 0.15) is 5.15 Å². The fraction of sp³-hybridized carbons (Fsp3) is 0.286. The Bertz CT molecular complexity index is 278. The maximum atomic E-state index is 12.4. The Morgan fingerprint density at radius 2 is 2.08 bits per heavy atom. The molecule has 1 aromatic rings. The van der Waals surface area contributed by atoms with Gasteiger partial charge in [-0.3, -0.25) is 0 Å². The molecule has 5 heteroatoms. The zero-order valence-electron chi connectivity index (χ0n) is 6.11. The third kappa shape index (κ3) is 1.69. The van der Waals surface area contributed by atoms with Crippen molar-refractivity contribution in [1.82, 2.24) is 4.98 Å². The summed E-state index contributed by atoms with van der Waals surface area (Å²) in [5.41, 5.74) is -0.291. The second-order valence-corrected chi connectivity index (χ2v) is 2.63. The number of halogens is 4. The summed E-state index contributed by atoms with van der Waals surface area (Å²) in [6, 6.07) is 0.924. The minimum atomic E-state index is -2.72.